The number of nitrogens with zero attached hydrogens (tertiary/aromatic N) is 6. The molecule has 174 valence electrons. The van der Waals surface area contributed by atoms with Gasteiger partial charge >= 0.3 is 0 Å². The van der Waals surface area contributed by atoms with Crippen LogP contribution in [0.25, 0.3) is 5.69 Å². The van der Waals surface area contributed by atoms with Crippen molar-refractivity contribution in [3.8, 4) is 5.69 Å². The Bertz CT molecular complexity index is 1210. The zero-order chi connectivity index (χ0) is 23.4. The molecule has 1 aromatic carbocycles. The van der Waals surface area contributed by atoms with Crippen molar-refractivity contribution in [3.63, 3.8) is 0 Å². The van der Waals surface area contributed by atoms with Crippen LogP contribution >= 0.6 is 0 Å². The van der Waals surface area contributed by atoms with Gasteiger partial charge in [0.05, 0.1) is 11.4 Å². The number of aryl methyl sites for hydroxylation is 1. The van der Waals surface area contributed by atoms with Gasteiger partial charge in [0.15, 0.2) is 0 Å². The molecular weight excluding hydrogens is 449 g/mol. The molecule has 3 heterocycles. The molecule has 1 saturated heterocycles. The molecule has 0 saturated carbocycles. The lowest BCUT2D eigenvalue weighted by Crippen LogP contribution is -2.50. The Morgan fingerprint density at radius 3 is 2.48 bits per heavy atom. The van der Waals surface area contributed by atoms with Gasteiger partial charge in [0.1, 0.15) is 17.5 Å². The zero-order valence-electron chi connectivity index (χ0n) is 18.1. The number of carbonyl (C=O) groups excluding carboxylic acids is 1. The number of hydrogen-bond acceptors (Lipinski definition) is 7. The molecule has 2 aromatic heterocycles. The van der Waals surface area contributed by atoms with Crippen molar-refractivity contribution in [3.05, 3.63) is 66.1 Å². The first-order chi connectivity index (χ1) is 15.8. The second-order valence-corrected chi connectivity index (χ2v) is 9.61. The minimum atomic E-state index is -3.53. The summed E-state index contributed by atoms with van der Waals surface area (Å²) in [5.41, 5.74) is 0.563. The van der Waals surface area contributed by atoms with Crippen LogP contribution < -0.4 is 10.2 Å². The summed E-state index contributed by atoms with van der Waals surface area (Å²) in [5.74, 6) is 0.0102. The lowest BCUT2D eigenvalue weighted by atomic mass is 10.3. The minimum absolute atomic E-state index is 0.0637. The fraction of sp³-hybridized carbons (Fsp3) is 0.333. The number of piperazine rings is 1. The van der Waals surface area contributed by atoms with Crippen LogP contribution in [0, 0.1) is 12.7 Å². The number of pyridine rings is 1. The number of hydrogen-bond donors (Lipinski definition) is 1. The number of nitrogens with one attached hydrogen (secondary N) is 1. The quantitative estimate of drug-likeness (QED) is 0.544. The molecular formula is C21H24FN7O3S. The summed E-state index contributed by atoms with van der Waals surface area (Å²) < 4.78 is 41.4. The highest BCUT2D eigenvalue weighted by Gasteiger charge is 2.27. The maximum atomic E-state index is 13.1. The number of rotatable bonds is 7. The summed E-state index contributed by atoms with van der Waals surface area (Å²) in [6, 6.07) is 11.3. The van der Waals surface area contributed by atoms with E-state index in [1.807, 2.05) is 23.1 Å². The van der Waals surface area contributed by atoms with Crippen LogP contribution in [0.3, 0.4) is 0 Å². The molecule has 0 aliphatic carbocycles. The van der Waals surface area contributed by atoms with Gasteiger partial charge in [0.25, 0.3) is 5.91 Å². The van der Waals surface area contributed by atoms with E-state index in [2.05, 4.69) is 20.4 Å². The van der Waals surface area contributed by atoms with E-state index >= 15 is 0 Å². The number of carbonyl (C=O) groups is 1. The Morgan fingerprint density at radius 1 is 1.09 bits per heavy atom. The van der Waals surface area contributed by atoms with E-state index in [9.17, 15) is 17.6 Å². The number of halogens is 1. The summed E-state index contributed by atoms with van der Waals surface area (Å²) in [4.78, 5) is 22.9. The molecule has 0 atom stereocenters. The summed E-state index contributed by atoms with van der Waals surface area (Å²) in [6.45, 7) is 3.42. The van der Waals surface area contributed by atoms with Crippen molar-refractivity contribution in [1.82, 2.24) is 29.4 Å². The maximum absolute atomic E-state index is 13.1. The molecule has 1 aliphatic heterocycles. The molecule has 0 radical (unpaired) electrons. The predicted molar refractivity (Wildman–Crippen MR) is 120 cm³/mol. The molecule has 12 heteroatoms. The van der Waals surface area contributed by atoms with E-state index in [1.165, 1.54) is 33.3 Å². The summed E-state index contributed by atoms with van der Waals surface area (Å²) in [7, 11) is -3.53. The summed E-state index contributed by atoms with van der Waals surface area (Å²) >= 11 is 0. The van der Waals surface area contributed by atoms with Gasteiger partial charge in [-0.05, 0) is 43.3 Å². The number of benzene rings is 1. The normalized spacial score (nSPS) is 14.9. The predicted octanol–water partition coefficient (Wildman–Crippen LogP) is 0.992. The van der Waals surface area contributed by atoms with Crippen LogP contribution in [0.5, 0.6) is 0 Å². The highest BCUT2D eigenvalue weighted by molar-refractivity contribution is 7.89. The smallest absolute Gasteiger partial charge is 0.291 e. The Balaban J connectivity index is 1.29. The van der Waals surface area contributed by atoms with Gasteiger partial charge in [-0.3, -0.25) is 4.79 Å². The third kappa shape index (κ3) is 5.34. The maximum Gasteiger partial charge on any atom is 0.291 e. The van der Waals surface area contributed by atoms with Crippen molar-refractivity contribution in [2.75, 3.05) is 43.4 Å². The molecule has 33 heavy (non-hydrogen) atoms. The fourth-order valence-electron chi connectivity index (χ4n) is 3.55. The first kappa shape index (κ1) is 22.8. The van der Waals surface area contributed by atoms with Crippen LogP contribution in [0.2, 0.25) is 0 Å². The third-order valence-electron chi connectivity index (χ3n) is 5.29. The summed E-state index contributed by atoms with van der Waals surface area (Å²) in [5, 5.41) is 6.72. The molecule has 0 unspecified atom stereocenters. The molecule has 1 aliphatic rings. The van der Waals surface area contributed by atoms with Crippen molar-refractivity contribution < 1.29 is 17.6 Å². The van der Waals surface area contributed by atoms with E-state index in [0.717, 1.165) is 5.82 Å². The lowest BCUT2D eigenvalue weighted by molar-refractivity contribution is 0.0945. The van der Waals surface area contributed by atoms with Crippen molar-refractivity contribution in [1.29, 1.82) is 0 Å². The standard InChI is InChI=1S/C21H24FN7O3S/c1-16-25-20(26-29(16)18-7-5-17(22)6-8-18)21(30)24-10-15-33(31,32)28-13-11-27(12-14-28)19-4-2-3-9-23-19/h2-9H,10-15H2,1H3,(H,24,30). The molecule has 1 N–H and O–H groups in total. The van der Waals surface area contributed by atoms with Gasteiger partial charge in [-0.15, -0.1) is 5.10 Å². The number of aromatic nitrogens is 4. The monoisotopic (exact) mass is 473 g/mol. The molecule has 10 nitrogen and oxygen atoms in total. The van der Waals surface area contributed by atoms with E-state index in [1.54, 1.807) is 13.1 Å². The second-order valence-electron chi connectivity index (χ2n) is 7.52. The van der Waals surface area contributed by atoms with Gasteiger partial charge in [0.2, 0.25) is 15.8 Å². The molecule has 1 amide bonds. The van der Waals surface area contributed by atoms with Gasteiger partial charge in [-0.2, -0.15) is 4.31 Å². The average Bonchev–Trinajstić information content (AvgIpc) is 3.22. The van der Waals surface area contributed by atoms with Crippen LogP contribution in [0.15, 0.2) is 48.7 Å². The zero-order valence-corrected chi connectivity index (χ0v) is 18.9. The highest BCUT2D eigenvalue weighted by atomic mass is 32.2. The van der Waals surface area contributed by atoms with Crippen molar-refractivity contribution in [2.45, 2.75) is 6.92 Å². The Labute approximate surface area is 191 Å². The second kappa shape index (κ2) is 9.63. The number of sulfonamides is 1. The average molecular weight is 474 g/mol. The summed E-state index contributed by atoms with van der Waals surface area (Å²) in [6.07, 6.45) is 1.71. The lowest BCUT2D eigenvalue weighted by Gasteiger charge is -2.34. The van der Waals surface area contributed by atoms with E-state index < -0.39 is 15.9 Å². The third-order valence-corrected chi connectivity index (χ3v) is 7.17. The molecule has 4 rings (SSSR count). The van der Waals surface area contributed by atoms with E-state index in [-0.39, 0.29) is 23.9 Å². The molecule has 0 bridgehead atoms. The van der Waals surface area contributed by atoms with Crippen LogP contribution in [0.4, 0.5) is 10.2 Å². The van der Waals surface area contributed by atoms with Crippen LogP contribution in [-0.2, 0) is 10.0 Å². The minimum Gasteiger partial charge on any atom is -0.354 e. The van der Waals surface area contributed by atoms with Gasteiger partial charge in [-0.1, -0.05) is 6.07 Å². The Kier molecular flexibility index (Phi) is 6.65. The highest BCUT2D eigenvalue weighted by Crippen LogP contribution is 2.15. The number of amides is 1. The van der Waals surface area contributed by atoms with Crippen molar-refractivity contribution >= 4 is 21.7 Å². The first-order valence-electron chi connectivity index (χ1n) is 10.4. The molecule has 1 fully saturated rings. The SMILES string of the molecule is Cc1nc(C(=O)NCCS(=O)(=O)N2CCN(c3ccccn3)CC2)nn1-c1ccc(F)cc1. The van der Waals surface area contributed by atoms with Gasteiger partial charge < -0.3 is 10.2 Å². The van der Waals surface area contributed by atoms with E-state index in [4.69, 9.17) is 0 Å². The first-order valence-corrected chi connectivity index (χ1v) is 12.1. The largest absolute Gasteiger partial charge is 0.354 e. The topological polar surface area (TPSA) is 113 Å². The van der Waals surface area contributed by atoms with Crippen LogP contribution in [0.1, 0.15) is 16.4 Å². The van der Waals surface area contributed by atoms with Crippen LogP contribution in [-0.4, -0.2) is 76.9 Å². The van der Waals surface area contributed by atoms with Crippen molar-refractivity contribution in [2.24, 2.45) is 0 Å². The van der Waals surface area contributed by atoms with E-state index in [0.29, 0.717) is 37.7 Å². The fourth-order valence-corrected chi connectivity index (χ4v) is 4.89. The van der Waals surface area contributed by atoms with Gasteiger partial charge in [0, 0.05) is 38.9 Å². The van der Waals surface area contributed by atoms with Gasteiger partial charge in [-0.25, -0.2) is 27.5 Å². The Morgan fingerprint density at radius 2 is 1.82 bits per heavy atom. The Hall–Kier alpha value is -3.38. The molecule has 0 spiro atoms. The number of anilines is 1. The molecule has 3 aromatic rings.